The molecule has 4 N–H and O–H groups in total. The summed E-state index contributed by atoms with van der Waals surface area (Å²) in [5, 5.41) is 0. The minimum absolute atomic E-state index is 0.0322. The number of carbonyl (C=O) groups is 1. The van der Waals surface area contributed by atoms with E-state index in [0.717, 1.165) is 26.9 Å². The second-order valence-corrected chi connectivity index (χ2v) is 13.0. The van der Waals surface area contributed by atoms with E-state index in [1.807, 2.05) is 11.0 Å². The predicted octanol–water partition coefficient (Wildman–Crippen LogP) is 4.77. The van der Waals surface area contributed by atoms with Crippen LogP contribution in [0.3, 0.4) is 0 Å². The normalized spacial score (nSPS) is 25.2. The number of nitrogens with zero attached hydrogens (tertiary/aromatic N) is 1. The third-order valence-corrected chi connectivity index (χ3v) is 10.4. The van der Waals surface area contributed by atoms with E-state index in [1.54, 1.807) is 0 Å². The molecule has 12 heteroatoms. The van der Waals surface area contributed by atoms with Crippen molar-refractivity contribution in [2.75, 3.05) is 49.3 Å². The SMILES string of the molecule is Nc1c(Br)cc(N(CC2CO2)C(=O)c2c(CC3CO3)c(Br)c(N)c(Br)c2CC2CO2)c(CC2CO2)c1Br. The zero-order valence-corrected chi connectivity index (χ0v) is 26.0. The first-order valence-corrected chi connectivity index (χ1v) is 15.2. The van der Waals surface area contributed by atoms with Crippen molar-refractivity contribution < 1.29 is 23.7 Å². The molecule has 4 aliphatic rings. The van der Waals surface area contributed by atoms with Crippen LogP contribution in [0.1, 0.15) is 27.0 Å². The monoisotopic (exact) mass is 763 g/mol. The van der Waals surface area contributed by atoms with Crippen molar-refractivity contribution in [3.63, 3.8) is 0 Å². The summed E-state index contributed by atoms with van der Waals surface area (Å²) in [4.78, 5) is 16.6. The summed E-state index contributed by atoms with van der Waals surface area (Å²) in [5.41, 5.74) is 18.1. The van der Waals surface area contributed by atoms with Gasteiger partial charge in [-0.15, -0.1) is 0 Å². The second-order valence-electron chi connectivity index (χ2n) is 9.81. The second kappa shape index (κ2) is 10.3. The minimum atomic E-state index is -0.121. The number of epoxide rings is 4. The summed E-state index contributed by atoms with van der Waals surface area (Å²) < 4.78 is 25.2. The maximum Gasteiger partial charge on any atom is 0.259 e. The summed E-state index contributed by atoms with van der Waals surface area (Å²) in [6.07, 6.45) is 2.02. The molecule has 4 atom stereocenters. The highest BCUT2D eigenvalue weighted by molar-refractivity contribution is 9.11. The van der Waals surface area contributed by atoms with E-state index in [2.05, 4.69) is 63.7 Å². The standard InChI is InChI=1S/C25H25Br4N3O5/c26-17-4-18(14(1-10-6-34-10)20(27)23(17)30)32(5-13-9-37-13)25(33)19-15(2-11-7-35-11)21(28)24(31)22(29)16(19)3-12-8-36-12/h4,10-13H,1-3,5-9,30-31H2. The van der Waals surface area contributed by atoms with Crippen molar-refractivity contribution >= 4 is 86.7 Å². The number of carbonyl (C=O) groups excluding carboxylic acids is 1. The lowest BCUT2D eigenvalue weighted by atomic mass is 9.92. The molecule has 4 aliphatic heterocycles. The molecule has 2 aromatic rings. The topological polar surface area (TPSA) is 122 Å². The summed E-state index contributed by atoms with van der Waals surface area (Å²) in [5.74, 6) is -0.121. The molecule has 4 heterocycles. The Morgan fingerprint density at radius 3 is 1.65 bits per heavy atom. The van der Waals surface area contributed by atoms with E-state index in [9.17, 15) is 4.79 Å². The number of rotatable bonds is 10. The van der Waals surface area contributed by atoms with Gasteiger partial charge < -0.3 is 35.3 Å². The smallest absolute Gasteiger partial charge is 0.259 e. The fourth-order valence-electron chi connectivity index (χ4n) is 4.61. The number of amides is 1. The largest absolute Gasteiger partial charge is 0.397 e. The lowest BCUT2D eigenvalue weighted by molar-refractivity contribution is 0.0982. The molecule has 0 spiro atoms. The molecule has 4 fully saturated rings. The Balaban J connectivity index is 1.51. The van der Waals surface area contributed by atoms with Crippen molar-refractivity contribution in [3.8, 4) is 0 Å². The van der Waals surface area contributed by atoms with Crippen LogP contribution in [0, 0.1) is 0 Å². The van der Waals surface area contributed by atoms with Crippen molar-refractivity contribution in [1.29, 1.82) is 0 Å². The maximum absolute atomic E-state index is 14.7. The van der Waals surface area contributed by atoms with Crippen LogP contribution in [0.15, 0.2) is 24.0 Å². The molecule has 0 bridgehead atoms. The fraction of sp³-hybridized carbons (Fsp3) is 0.480. The molecule has 0 aliphatic carbocycles. The van der Waals surface area contributed by atoms with Crippen LogP contribution in [0.5, 0.6) is 0 Å². The van der Waals surface area contributed by atoms with Crippen LogP contribution in [0.4, 0.5) is 17.1 Å². The first-order chi connectivity index (χ1) is 17.7. The number of nitrogen functional groups attached to an aromatic ring is 2. The average Bonchev–Trinajstić information content (AvgIpc) is 3.70. The molecule has 198 valence electrons. The molecule has 8 nitrogen and oxygen atoms in total. The molecule has 4 saturated heterocycles. The highest BCUT2D eigenvalue weighted by Gasteiger charge is 2.38. The van der Waals surface area contributed by atoms with Crippen LogP contribution < -0.4 is 16.4 Å². The lowest BCUT2D eigenvalue weighted by Gasteiger charge is -2.29. The van der Waals surface area contributed by atoms with Gasteiger partial charge in [-0.1, -0.05) is 0 Å². The van der Waals surface area contributed by atoms with Gasteiger partial charge in [0, 0.05) is 48.4 Å². The lowest BCUT2D eigenvalue weighted by Crippen LogP contribution is -2.37. The number of benzene rings is 2. The van der Waals surface area contributed by atoms with Gasteiger partial charge in [-0.3, -0.25) is 4.79 Å². The molecule has 0 aromatic heterocycles. The zero-order chi connectivity index (χ0) is 26.0. The van der Waals surface area contributed by atoms with Crippen LogP contribution in [0.2, 0.25) is 0 Å². The van der Waals surface area contributed by atoms with Crippen molar-refractivity contribution in [1.82, 2.24) is 0 Å². The number of halogens is 4. The summed E-state index contributed by atoms with van der Waals surface area (Å²) >= 11 is 14.7. The average molecular weight is 767 g/mol. The number of hydrogen-bond donors (Lipinski definition) is 2. The number of anilines is 3. The molecule has 37 heavy (non-hydrogen) atoms. The van der Waals surface area contributed by atoms with Crippen LogP contribution in [0.25, 0.3) is 0 Å². The zero-order valence-electron chi connectivity index (χ0n) is 19.7. The van der Waals surface area contributed by atoms with Crippen molar-refractivity contribution in [3.05, 3.63) is 46.2 Å². The highest BCUT2D eigenvalue weighted by atomic mass is 79.9. The van der Waals surface area contributed by atoms with Gasteiger partial charge in [0.15, 0.2) is 0 Å². The summed E-state index contributed by atoms with van der Waals surface area (Å²) in [6.45, 7) is 3.05. The molecular formula is C25H25Br4N3O5. The van der Waals surface area contributed by atoms with Crippen LogP contribution >= 0.6 is 63.7 Å². The van der Waals surface area contributed by atoms with Crippen LogP contribution in [-0.2, 0) is 38.2 Å². The van der Waals surface area contributed by atoms with Crippen LogP contribution in [-0.4, -0.2) is 63.3 Å². The Bertz CT molecular complexity index is 1230. The third-order valence-electron chi connectivity index (χ3n) is 6.98. The van der Waals surface area contributed by atoms with E-state index in [4.69, 9.17) is 30.4 Å². The molecule has 6 rings (SSSR count). The number of hydrogen-bond acceptors (Lipinski definition) is 7. The third kappa shape index (κ3) is 5.63. The Kier molecular flexibility index (Phi) is 7.41. The van der Waals surface area contributed by atoms with E-state index >= 15 is 0 Å². The van der Waals surface area contributed by atoms with Gasteiger partial charge in [-0.05, 0) is 86.5 Å². The van der Waals surface area contributed by atoms with Gasteiger partial charge in [0.05, 0.1) is 68.8 Å². The van der Waals surface area contributed by atoms with Gasteiger partial charge in [0.2, 0.25) is 0 Å². The first-order valence-electron chi connectivity index (χ1n) is 12.1. The Morgan fingerprint density at radius 1 is 0.757 bits per heavy atom. The molecule has 0 saturated carbocycles. The van der Waals surface area contributed by atoms with E-state index < -0.39 is 0 Å². The molecule has 0 radical (unpaired) electrons. The Hall–Kier alpha value is -0.730. The minimum Gasteiger partial charge on any atom is -0.397 e. The predicted molar refractivity (Wildman–Crippen MR) is 154 cm³/mol. The Labute approximate surface area is 248 Å². The van der Waals surface area contributed by atoms with E-state index in [0.29, 0.717) is 82.6 Å². The van der Waals surface area contributed by atoms with Crippen molar-refractivity contribution in [2.24, 2.45) is 0 Å². The van der Waals surface area contributed by atoms with Crippen molar-refractivity contribution in [2.45, 2.75) is 43.7 Å². The molecule has 2 aromatic carbocycles. The van der Waals surface area contributed by atoms with Gasteiger partial charge in [-0.25, -0.2) is 0 Å². The number of nitrogens with two attached hydrogens (primary N) is 2. The van der Waals surface area contributed by atoms with Gasteiger partial charge in [0.25, 0.3) is 5.91 Å². The van der Waals surface area contributed by atoms with E-state index in [-0.39, 0.29) is 30.3 Å². The molecule has 4 unspecified atom stereocenters. The maximum atomic E-state index is 14.7. The summed E-state index contributed by atoms with van der Waals surface area (Å²) in [6, 6.07) is 1.92. The Morgan fingerprint density at radius 2 is 1.19 bits per heavy atom. The number of ether oxygens (including phenoxy) is 4. The first kappa shape index (κ1) is 26.5. The highest BCUT2D eigenvalue weighted by Crippen LogP contribution is 2.44. The quantitative estimate of drug-likeness (QED) is 0.264. The van der Waals surface area contributed by atoms with Gasteiger partial charge >= 0.3 is 0 Å². The van der Waals surface area contributed by atoms with E-state index in [1.165, 1.54) is 0 Å². The van der Waals surface area contributed by atoms with Gasteiger partial charge in [-0.2, -0.15) is 0 Å². The van der Waals surface area contributed by atoms with Gasteiger partial charge in [0.1, 0.15) is 0 Å². The molecule has 1 amide bonds. The molecular weight excluding hydrogens is 742 g/mol. The summed E-state index contributed by atoms with van der Waals surface area (Å²) in [7, 11) is 0. The fourth-order valence-corrected chi connectivity index (χ4v) is 7.25.